The van der Waals surface area contributed by atoms with Gasteiger partial charge in [0, 0.05) is 22.3 Å². The zero-order chi connectivity index (χ0) is 13.1. The van der Waals surface area contributed by atoms with E-state index in [0.717, 1.165) is 28.6 Å². The molecule has 2 aromatic heterocycles. The maximum absolute atomic E-state index is 5.29. The number of rotatable bonds is 4. The van der Waals surface area contributed by atoms with Crippen molar-refractivity contribution in [1.82, 2.24) is 9.97 Å². The number of aromatic nitrogens is 2. The highest BCUT2D eigenvalue weighted by Gasteiger charge is 2.03. The Morgan fingerprint density at radius 2 is 2.26 bits per heavy atom. The lowest BCUT2D eigenvalue weighted by molar-refractivity contribution is 0.572. The van der Waals surface area contributed by atoms with E-state index in [1.807, 2.05) is 31.3 Å². The highest BCUT2D eigenvalue weighted by atomic mass is 32.1. The van der Waals surface area contributed by atoms with Gasteiger partial charge in [-0.05, 0) is 19.1 Å². The summed E-state index contributed by atoms with van der Waals surface area (Å²) >= 11 is 1.71. The Hall–Kier alpha value is -2.14. The molecular formula is C14H13N3OS. The summed E-state index contributed by atoms with van der Waals surface area (Å²) in [5.74, 6) is 0.775. The van der Waals surface area contributed by atoms with Crippen molar-refractivity contribution in [2.45, 2.75) is 13.5 Å². The van der Waals surface area contributed by atoms with Crippen LogP contribution in [0.2, 0.25) is 0 Å². The quantitative estimate of drug-likeness (QED) is 0.785. The third-order valence-electron chi connectivity index (χ3n) is 2.72. The van der Waals surface area contributed by atoms with Crippen molar-refractivity contribution in [2.24, 2.45) is 0 Å². The van der Waals surface area contributed by atoms with Gasteiger partial charge in [-0.1, -0.05) is 12.1 Å². The maximum Gasteiger partial charge on any atom is 0.181 e. The Balaban J connectivity index is 1.73. The number of nitrogens with zero attached hydrogens (tertiary/aromatic N) is 2. The van der Waals surface area contributed by atoms with Crippen LogP contribution >= 0.6 is 11.3 Å². The van der Waals surface area contributed by atoms with Crippen LogP contribution in [0.15, 0.2) is 47.5 Å². The summed E-state index contributed by atoms with van der Waals surface area (Å²) in [6.45, 7) is 2.80. The minimum Gasteiger partial charge on any atom is -0.444 e. The number of oxazole rings is 1. The molecule has 3 aromatic rings. The zero-order valence-electron chi connectivity index (χ0n) is 10.5. The van der Waals surface area contributed by atoms with Crippen LogP contribution in [0.1, 0.15) is 9.88 Å². The molecule has 0 aliphatic heterocycles. The van der Waals surface area contributed by atoms with Crippen LogP contribution < -0.4 is 5.32 Å². The van der Waals surface area contributed by atoms with Gasteiger partial charge in [-0.25, -0.2) is 9.97 Å². The third-order valence-corrected chi connectivity index (χ3v) is 3.63. The van der Waals surface area contributed by atoms with Gasteiger partial charge in [-0.15, -0.1) is 11.3 Å². The summed E-state index contributed by atoms with van der Waals surface area (Å²) in [6.07, 6.45) is 5.06. The first-order valence-corrected chi connectivity index (χ1v) is 6.77. The van der Waals surface area contributed by atoms with Crippen molar-refractivity contribution in [3.8, 4) is 11.3 Å². The molecule has 4 nitrogen and oxygen atoms in total. The van der Waals surface area contributed by atoms with E-state index in [9.17, 15) is 0 Å². The molecule has 1 N–H and O–H groups in total. The molecule has 96 valence electrons. The molecule has 0 aliphatic rings. The first-order chi connectivity index (χ1) is 9.31. The number of anilines is 1. The number of benzene rings is 1. The number of hydrogen-bond donors (Lipinski definition) is 1. The van der Waals surface area contributed by atoms with Gasteiger partial charge in [0.05, 0.1) is 17.7 Å². The standard InChI is InChI=1S/C14H13N3OS/c1-10-16-6-13(19-10)7-17-12-4-2-3-11(5-12)14-8-15-9-18-14/h2-6,8-9,17H,7H2,1H3. The Kier molecular flexibility index (Phi) is 3.29. The minimum atomic E-state index is 0.775. The molecule has 0 radical (unpaired) electrons. The topological polar surface area (TPSA) is 51.0 Å². The minimum absolute atomic E-state index is 0.775. The molecule has 0 bridgehead atoms. The molecule has 0 atom stereocenters. The van der Waals surface area contributed by atoms with Crippen LogP contribution in [-0.2, 0) is 6.54 Å². The molecule has 3 rings (SSSR count). The van der Waals surface area contributed by atoms with E-state index in [-0.39, 0.29) is 0 Å². The van der Waals surface area contributed by atoms with Gasteiger partial charge < -0.3 is 9.73 Å². The molecular weight excluding hydrogens is 258 g/mol. The van der Waals surface area contributed by atoms with Crippen LogP contribution in [0, 0.1) is 6.92 Å². The molecule has 19 heavy (non-hydrogen) atoms. The summed E-state index contributed by atoms with van der Waals surface area (Å²) in [7, 11) is 0. The molecule has 1 aromatic carbocycles. The first-order valence-electron chi connectivity index (χ1n) is 5.95. The van der Waals surface area contributed by atoms with Gasteiger partial charge in [0.25, 0.3) is 0 Å². The summed E-state index contributed by atoms with van der Waals surface area (Å²) < 4.78 is 5.29. The molecule has 0 saturated carbocycles. The molecule has 2 heterocycles. The van der Waals surface area contributed by atoms with Crippen molar-refractivity contribution in [1.29, 1.82) is 0 Å². The summed E-state index contributed by atoms with van der Waals surface area (Å²) in [5, 5.41) is 4.47. The van der Waals surface area contributed by atoms with Crippen LogP contribution in [0.4, 0.5) is 5.69 Å². The fraction of sp³-hybridized carbons (Fsp3) is 0.143. The maximum atomic E-state index is 5.29. The predicted octanol–water partition coefficient (Wildman–Crippen LogP) is 3.72. The fourth-order valence-electron chi connectivity index (χ4n) is 1.82. The van der Waals surface area contributed by atoms with E-state index < -0.39 is 0 Å². The lowest BCUT2D eigenvalue weighted by Gasteiger charge is -2.05. The normalized spacial score (nSPS) is 10.6. The highest BCUT2D eigenvalue weighted by molar-refractivity contribution is 7.11. The van der Waals surface area contributed by atoms with Crippen molar-refractivity contribution >= 4 is 17.0 Å². The summed E-state index contributed by atoms with van der Waals surface area (Å²) in [4.78, 5) is 9.40. The summed E-state index contributed by atoms with van der Waals surface area (Å²) in [5.41, 5.74) is 2.07. The van der Waals surface area contributed by atoms with Gasteiger partial charge in [-0.2, -0.15) is 0 Å². The average Bonchev–Trinajstić information content (AvgIpc) is 3.08. The number of thiazole rings is 1. The Morgan fingerprint density at radius 1 is 1.32 bits per heavy atom. The van der Waals surface area contributed by atoms with Crippen LogP contribution in [-0.4, -0.2) is 9.97 Å². The average molecular weight is 271 g/mol. The number of nitrogens with one attached hydrogen (secondary N) is 1. The lowest BCUT2D eigenvalue weighted by atomic mass is 10.1. The molecule has 0 amide bonds. The zero-order valence-corrected chi connectivity index (χ0v) is 11.3. The Morgan fingerprint density at radius 3 is 3.00 bits per heavy atom. The third kappa shape index (κ3) is 2.82. The van der Waals surface area contributed by atoms with Gasteiger partial charge >= 0.3 is 0 Å². The van der Waals surface area contributed by atoms with Crippen molar-refractivity contribution in [3.63, 3.8) is 0 Å². The molecule has 0 saturated heterocycles. The monoisotopic (exact) mass is 271 g/mol. The molecule has 5 heteroatoms. The van der Waals surface area contributed by atoms with Crippen molar-refractivity contribution < 1.29 is 4.42 Å². The molecule has 0 aliphatic carbocycles. The van der Waals surface area contributed by atoms with Crippen molar-refractivity contribution in [2.75, 3.05) is 5.32 Å². The van der Waals surface area contributed by atoms with Crippen molar-refractivity contribution in [3.05, 3.63) is 52.9 Å². The van der Waals surface area contributed by atoms with Gasteiger partial charge in [0.15, 0.2) is 12.2 Å². The second-order valence-corrected chi connectivity index (χ2v) is 5.46. The van der Waals surface area contributed by atoms with Crippen LogP contribution in [0.25, 0.3) is 11.3 Å². The first kappa shape index (κ1) is 11.9. The largest absolute Gasteiger partial charge is 0.444 e. The second kappa shape index (κ2) is 5.24. The smallest absolute Gasteiger partial charge is 0.181 e. The predicted molar refractivity (Wildman–Crippen MR) is 76.1 cm³/mol. The van der Waals surface area contributed by atoms with Gasteiger partial charge in [0.1, 0.15) is 0 Å². The van der Waals surface area contributed by atoms with E-state index in [2.05, 4.69) is 21.4 Å². The lowest BCUT2D eigenvalue weighted by Crippen LogP contribution is -1.97. The number of aryl methyl sites for hydroxylation is 1. The van der Waals surface area contributed by atoms with E-state index in [0.29, 0.717) is 0 Å². The van der Waals surface area contributed by atoms with E-state index >= 15 is 0 Å². The van der Waals surface area contributed by atoms with Gasteiger partial charge in [-0.3, -0.25) is 0 Å². The molecule has 0 spiro atoms. The summed E-state index contributed by atoms with van der Waals surface area (Å²) in [6, 6.07) is 8.09. The highest BCUT2D eigenvalue weighted by Crippen LogP contribution is 2.22. The van der Waals surface area contributed by atoms with E-state index in [4.69, 9.17) is 4.42 Å². The fourth-order valence-corrected chi connectivity index (χ4v) is 2.55. The molecule has 0 fully saturated rings. The van der Waals surface area contributed by atoms with Crippen LogP contribution in [0.5, 0.6) is 0 Å². The van der Waals surface area contributed by atoms with E-state index in [1.165, 1.54) is 11.3 Å². The Bertz CT molecular complexity index is 661. The SMILES string of the molecule is Cc1ncc(CNc2cccc(-c3cnco3)c2)s1. The Labute approximate surface area is 115 Å². The molecule has 0 unspecified atom stereocenters. The second-order valence-electron chi connectivity index (χ2n) is 4.15. The van der Waals surface area contributed by atoms with E-state index in [1.54, 1.807) is 17.5 Å². The van der Waals surface area contributed by atoms with Gasteiger partial charge in [0.2, 0.25) is 0 Å². The van der Waals surface area contributed by atoms with Crippen LogP contribution in [0.3, 0.4) is 0 Å². The number of hydrogen-bond acceptors (Lipinski definition) is 5.